The molecule has 35 heavy (non-hydrogen) atoms. The lowest BCUT2D eigenvalue weighted by molar-refractivity contribution is 0.0197. The van der Waals surface area contributed by atoms with E-state index < -0.39 is 5.60 Å². The highest BCUT2D eigenvalue weighted by atomic mass is 16.6. The van der Waals surface area contributed by atoms with Crippen molar-refractivity contribution in [3.05, 3.63) is 54.9 Å². The minimum atomic E-state index is -0.530. The van der Waals surface area contributed by atoms with E-state index >= 15 is 0 Å². The zero-order chi connectivity index (χ0) is 24.6. The molecule has 1 saturated heterocycles. The number of hydrogen-bond acceptors (Lipinski definition) is 7. The Balaban J connectivity index is 1.53. The molecule has 1 amide bonds. The van der Waals surface area contributed by atoms with Crippen LogP contribution in [0, 0.1) is 0 Å². The molecule has 1 atom stereocenters. The molecule has 182 valence electrons. The molecule has 1 fully saturated rings. The van der Waals surface area contributed by atoms with Crippen LogP contribution in [0.4, 0.5) is 16.3 Å². The number of piperidine rings is 1. The zero-order valence-electron chi connectivity index (χ0n) is 20.5. The average molecular weight is 475 g/mol. The average Bonchev–Trinajstić information content (AvgIpc) is 3.45. The molecule has 5 heterocycles. The van der Waals surface area contributed by atoms with Crippen molar-refractivity contribution >= 4 is 23.2 Å². The molecule has 10 nitrogen and oxygen atoms in total. The maximum Gasteiger partial charge on any atom is 0.410 e. The Labute approximate surface area is 203 Å². The summed E-state index contributed by atoms with van der Waals surface area (Å²) < 4.78 is 9.19. The molecule has 1 aliphatic heterocycles. The van der Waals surface area contributed by atoms with Crippen molar-refractivity contribution in [2.24, 2.45) is 7.05 Å². The Kier molecular flexibility index (Phi) is 5.88. The number of anilines is 2. The zero-order valence-corrected chi connectivity index (χ0v) is 20.5. The molecular formula is C25H30N8O2. The van der Waals surface area contributed by atoms with Gasteiger partial charge in [0.15, 0.2) is 5.65 Å². The van der Waals surface area contributed by atoms with Gasteiger partial charge >= 0.3 is 6.09 Å². The summed E-state index contributed by atoms with van der Waals surface area (Å²) in [7, 11) is 1.89. The Morgan fingerprint density at radius 1 is 1.20 bits per heavy atom. The second-order valence-corrected chi connectivity index (χ2v) is 9.89. The third kappa shape index (κ3) is 4.96. The number of aromatic nitrogens is 6. The highest BCUT2D eigenvalue weighted by Gasteiger charge is 2.30. The van der Waals surface area contributed by atoms with Crippen LogP contribution in [0.1, 0.15) is 45.2 Å². The molecule has 0 bridgehead atoms. The van der Waals surface area contributed by atoms with Gasteiger partial charge in [-0.1, -0.05) is 0 Å². The number of likely N-dealkylation sites (tertiary alicyclic amines) is 1. The van der Waals surface area contributed by atoms with Crippen LogP contribution in [0.15, 0.2) is 49.2 Å². The first-order chi connectivity index (χ1) is 16.8. The van der Waals surface area contributed by atoms with Gasteiger partial charge in [-0.15, -0.1) is 0 Å². The van der Waals surface area contributed by atoms with E-state index in [9.17, 15) is 4.79 Å². The molecule has 4 aromatic rings. The van der Waals surface area contributed by atoms with Gasteiger partial charge in [0, 0.05) is 55.6 Å². The number of carbonyl (C=O) groups is 1. The standard InChI is InChI=1S/C25H30N8O2/c1-25(2,3)35-24(34)32-10-6-7-17(16-32)21-11-22(29-19-8-5-9-26-13-19)33-23(30-21)20(14-28-33)18-12-27-31(4)15-18/h5,8-9,11-15,17,29H,6-7,10,16H2,1-4H3. The molecule has 1 aliphatic rings. The summed E-state index contributed by atoms with van der Waals surface area (Å²) in [5.41, 5.74) is 3.80. The second kappa shape index (κ2) is 9.01. The van der Waals surface area contributed by atoms with Crippen LogP contribution in [-0.2, 0) is 11.8 Å². The highest BCUT2D eigenvalue weighted by molar-refractivity contribution is 5.78. The SMILES string of the molecule is Cn1cc(-c2cnn3c(Nc4cccnc4)cc(C4CCCN(C(=O)OC(C)(C)C)C4)nc23)cn1. The summed E-state index contributed by atoms with van der Waals surface area (Å²) in [6.07, 6.45) is 10.6. The van der Waals surface area contributed by atoms with Crippen molar-refractivity contribution in [3.63, 3.8) is 0 Å². The monoisotopic (exact) mass is 474 g/mol. The van der Waals surface area contributed by atoms with Gasteiger partial charge in [-0.05, 0) is 45.7 Å². The fourth-order valence-electron chi connectivity index (χ4n) is 4.34. The van der Waals surface area contributed by atoms with Crippen molar-refractivity contribution < 1.29 is 9.53 Å². The number of fused-ring (bicyclic) bond motifs is 1. The lowest BCUT2D eigenvalue weighted by Crippen LogP contribution is -2.42. The van der Waals surface area contributed by atoms with Gasteiger partial charge < -0.3 is 15.0 Å². The summed E-state index contributed by atoms with van der Waals surface area (Å²) in [6, 6.07) is 5.85. The molecule has 0 aliphatic carbocycles. The molecule has 0 aromatic carbocycles. The van der Waals surface area contributed by atoms with Crippen LogP contribution in [0.2, 0.25) is 0 Å². The topological polar surface area (TPSA) is 102 Å². The number of carbonyl (C=O) groups excluding carboxylic acids is 1. The van der Waals surface area contributed by atoms with E-state index in [1.54, 1.807) is 26.5 Å². The molecule has 4 aromatic heterocycles. The summed E-state index contributed by atoms with van der Waals surface area (Å²) in [5.74, 6) is 0.856. The van der Waals surface area contributed by atoms with E-state index in [4.69, 9.17) is 9.72 Å². The smallest absolute Gasteiger partial charge is 0.410 e. The third-order valence-electron chi connectivity index (χ3n) is 5.93. The van der Waals surface area contributed by atoms with Gasteiger partial charge in [0.05, 0.1) is 30.0 Å². The van der Waals surface area contributed by atoms with Gasteiger partial charge in [0.25, 0.3) is 0 Å². The van der Waals surface area contributed by atoms with Crippen LogP contribution >= 0.6 is 0 Å². The maximum absolute atomic E-state index is 12.8. The van der Waals surface area contributed by atoms with Crippen LogP contribution in [0.5, 0.6) is 0 Å². The van der Waals surface area contributed by atoms with Gasteiger partial charge in [-0.25, -0.2) is 9.78 Å². The van der Waals surface area contributed by atoms with Crippen LogP contribution in [0.3, 0.4) is 0 Å². The van der Waals surface area contributed by atoms with Gasteiger partial charge in [0.2, 0.25) is 0 Å². The maximum atomic E-state index is 12.8. The van der Waals surface area contributed by atoms with Gasteiger partial charge in [-0.2, -0.15) is 14.7 Å². The summed E-state index contributed by atoms with van der Waals surface area (Å²) >= 11 is 0. The number of nitrogens with one attached hydrogen (secondary N) is 1. The Hall–Kier alpha value is -3.95. The van der Waals surface area contributed by atoms with Crippen molar-refractivity contribution in [2.75, 3.05) is 18.4 Å². The first kappa shape index (κ1) is 22.8. The van der Waals surface area contributed by atoms with E-state index in [2.05, 4.69) is 20.5 Å². The number of pyridine rings is 1. The Morgan fingerprint density at radius 3 is 2.77 bits per heavy atom. The molecule has 5 rings (SSSR count). The molecule has 0 spiro atoms. The summed E-state index contributed by atoms with van der Waals surface area (Å²) in [4.78, 5) is 23.8. The summed E-state index contributed by atoms with van der Waals surface area (Å²) in [6.45, 7) is 6.90. The van der Waals surface area contributed by atoms with Crippen molar-refractivity contribution in [3.8, 4) is 11.1 Å². The predicted molar refractivity (Wildman–Crippen MR) is 132 cm³/mol. The third-order valence-corrected chi connectivity index (χ3v) is 5.93. The largest absolute Gasteiger partial charge is 0.444 e. The normalized spacial score (nSPS) is 16.5. The van der Waals surface area contributed by atoms with E-state index in [0.29, 0.717) is 13.1 Å². The number of hydrogen-bond donors (Lipinski definition) is 1. The quantitative estimate of drug-likeness (QED) is 0.468. The number of nitrogens with zero attached hydrogens (tertiary/aromatic N) is 7. The molecule has 1 N–H and O–H groups in total. The van der Waals surface area contributed by atoms with Crippen LogP contribution < -0.4 is 5.32 Å². The molecule has 0 radical (unpaired) electrons. The fourth-order valence-corrected chi connectivity index (χ4v) is 4.34. The lowest BCUT2D eigenvalue weighted by Gasteiger charge is -2.34. The predicted octanol–water partition coefficient (Wildman–Crippen LogP) is 4.38. The number of aryl methyl sites for hydroxylation is 1. The van der Waals surface area contributed by atoms with Crippen LogP contribution in [0.25, 0.3) is 16.8 Å². The van der Waals surface area contributed by atoms with Crippen molar-refractivity contribution in [1.82, 2.24) is 34.3 Å². The van der Waals surface area contributed by atoms with E-state index in [1.807, 2.05) is 64.6 Å². The van der Waals surface area contributed by atoms with E-state index in [0.717, 1.165) is 46.8 Å². The number of amides is 1. The number of rotatable bonds is 4. The van der Waals surface area contributed by atoms with Crippen LogP contribution in [-0.4, -0.2) is 59.0 Å². The second-order valence-electron chi connectivity index (χ2n) is 9.89. The van der Waals surface area contributed by atoms with E-state index in [-0.39, 0.29) is 12.0 Å². The highest BCUT2D eigenvalue weighted by Crippen LogP contribution is 2.32. The first-order valence-electron chi connectivity index (χ1n) is 11.8. The number of ether oxygens (including phenoxy) is 1. The van der Waals surface area contributed by atoms with Crippen molar-refractivity contribution in [1.29, 1.82) is 0 Å². The summed E-state index contributed by atoms with van der Waals surface area (Å²) in [5, 5.41) is 12.4. The molecule has 10 heteroatoms. The first-order valence-corrected chi connectivity index (χ1v) is 11.8. The molecule has 1 unspecified atom stereocenters. The Bertz CT molecular complexity index is 1340. The Morgan fingerprint density at radius 2 is 2.06 bits per heavy atom. The molecule has 0 saturated carbocycles. The molecular weight excluding hydrogens is 444 g/mol. The van der Waals surface area contributed by atoms with Crippen molar-refractivity contribution in [2.45, 2.75) is 45.1 Å². The lowest BCUT2D eigenvalue weighted by atomic mass is 9.94. The van der Waals surface area contributed by atoms with Gasteiger partial charge in [0.1, 0.15) is 11.4 Å². The van der Waals surface area contributed by atoms with E-state index in [1.165, 1.54) is 0 Å². The minimum absolute atomic E-state index is 0.0763. The fraction of sp³-hybridized carbons (Fsp3) is 0.400. The minimum Gasteiger partial charge on any atom is -0.444 e. The van der Waals surface area contributed by atoms with Gasteiger partial charge in [-0.3, -0.25) is 9.67 Å².